The van der Waals surface area contributed by atoms with Gasteiger partial charge in [0.2, 0.25) is 0 Å². The average Bonchev–Trinajstić information content (AvgIpc) is 2.53. The van der Waals surface area contributed by atoms with Crippen LogP contribution >= 0.6 is 0 Å². The molecule has 0 aromatic heterocycles. The van der Waals surface area contributed by atoms with E-state index in [9.17, 15) is 4.79 Å². The number of rotatable bonds is 4. The zero-order valence-corrected chi connectivity index (χ0v) is 12.9. The number of carbonyl (C=O) groups is 1. The van der Waals surface area contributed by atoms with E-state index in [1.807, 2.05) is 43.3 Å². The van der Waals surface area contributed by atoms with Gasteiger partial charge in [0.15, 0.2) is 0 Å². The van der Waals surface area contributed by atoms with E-state index in [1.54, 1.807) is 7.11 Å². The molecule has 2 rings (SSSR count). The summed E-state index contributed by atoms with van der Waals surface area (Å²) in [5.41, 5.74) is 4.61. The highest BCUT2D eigenvalue weighted by molar-refractivity contribution is 5.97. The van der Waals surface area contributed by atoms with Gasteiger partial charge in [0.25, 0.3) is 0 Å². The first-order valence-corrected chi connectivity index (χ1v) is 6.97. The lowest BCUT2D eigenvalue weighted by Gasteiger charge is -2.12. The minimum atomic E-state index is -0.311. The first-order chi connectivity index (χ1) is 10.1. The summed E-state index contributed by atoms with van der Waals surface area (Å²) >= 11 is 0. The monoisotopic (exact) mass is 284 g/mol. The van der Waals surface area contributed by atoms with Gasteiger partial charge in [0, 0.05) is 0 Å². The maximum Gasteiger partial charge on any atom is 0.338 e. The summed E-state index contributed by atoms with van der Waals surface area (Å²) in [6.45, 7) is 4.05. The molecule has 0 heterocycles. The molecule has 0 unspecified atom stereocenters. The van der Waals surface area contributed by atoms with Crippen molar-refractivity contribution in [3.8, 4) is 16.9 Å². The molecule has 0 amide bonds. The van der Waals surface area contributed by atoms with Gasteiger partial charge in [0.05, 0.1) is 19.8 Å². The van der Waals surface area contributed by atoms with Gasteiger partial charge >= 0.3 is 5.97 Å². The maximum atomic E-state index is 12.0. The van der Waals surface area contributed by atoms with Gasteiger partial charge in [-0.3, -0.25) is 0 Å². The molecular formula is C18H20O3. The number of hydrogen-bond acceptors (Lipinski definition) is 3. The maximum absolute atomic E-state index is 12.0. The van der Waals surface area contributed by atoms with Crippen molar-refractivity contribution < 1.29 is 14.3 Å². The van der Waals surface area contributed by atoms with Crippen molar-refractivity contribution in [1.82, 2.24) is 0 Å². The van der Waals surface area contributed by atoms with E-state index in [1.165, 1.54) is 7.11 Å². The summed E-state index contributed by atoms with van der Waals surface area (Å²) in [6, 6.07) is 11.8. The van der Waals surface area contributed by atoms with Crippen LogP contribution in [-0.2, 0) is 11.2 Å². The highest BCUT2D eigenvalue weighted by Crippen LogP contribution is 2.29. The molecule has 110 valence electrons. The van der Waals surface area contributed by atoms with Gasteiger partial charge in [-0.05, 0) is 53.8 Å². The lowest BCUT2D eigenvalue weighted by molar-refractivity contribution is 0.0601. The van der Waals surface area contributed by atoms with Crippen LogP contribution in [0.15, 0.2) is 36.4 Å². The Morgan fingerprint density at radius 2 is 1.86 bits per heavy atom. The summed E-state index contributed by atoms with van der Waals surface area (Å²) in [6.07, 6.45) is 0.881. The van der Waals surface area contributed by atoms with Gasteiger partial charge in [0.1, 0.15) is 5.75 Å². The largest absolute Gasteiger partial charge is 0.496 e. The van der Waals surface area contributed by atoms with E-state index in [2.05, 4.69) is 6.92 Å². The van der Waals surface area contributed by atoms with Crippen LogP contribution in [0.4, 0.5) is 0 Å². The van der Waals surface area contributed by atoms with Crippen LogP contribution in [0.25, 0.3) is 11.1 Å². The van der Waals surface area contributed by atoms with Crippen molar-refractivity contribution in [1.29, 1.82) is 0 Å². The van der Waals surface area contributed by atoms with Crippen molar-refractivity contribution in [2.45, 2.75) is 20.3 Å². The highest BCUT2D eigenvalue weighted by Gasteiger charge is 2.14. The average molecular weight is 284 g/mol. The molecule has 0 N–H and O–H groups in total. The molecule has 0 fully saturated rings. The van der Waals surface area contributed by atoms with Gasteiger partial charge < -0.3 is 9.47 Å². The van der Waals surface area contributed by atoms with Crippen molar-refractivity contribution in [3.63, 3.8) is 0 Å². The molecule has 0 saturated heterocycles. The predicted molar refractivity (Wildman–Crippen MR) is 83.9 cm³/mol. The minimum absolute atomic E-state index is 0.311. The fraction of sp³-hybridized carbons (Fsp3) is 0.278. The number of hydrogen-bond donors (Lipinski definition) is 0. The molecule has 2 aromatic rings. The summed E-state index contributed by atoms with van der Waals surface area (Å²) in [4.78, 5) is 12.0. The molecule has 3 nitrogen and oxygen atoms in total. The third-order valence-corrected chi connectivity index (χ3v) is 3.60. The second kappa shape index (κ2) is 6.44. The van der Waals surface area contributed by atoms with E-state index >= 15 is 0 Å². The molecular weight excluding hydrogens is 264 g/mol. The summed E-state index contributed by atoms with van der Waals surface area (Å²) in [7, 11) is 3.06. The second-order valence-electron chi connectivity index (χ2n) is 4.91. The van der Waals surface area contributed by atoms with Crippen molar-refractivity contribution in [3.05, 3.63) is 53.1 Å². The Morgan fingerprint density at radius 3 is 2.43 bits per heavy atom. The Balaban J connectivity index is 2.57. The van der Waals surface area contributed by atoms with E-state index < -0.39 is 0 Å². The van der Waals surface area contributed by atoms with Gasteiger partial charge in [-0.25, -0.2) is 4.79 Å². The third-order valence-electron chi connectivity index (χ3n) is 3.60. The Hall–Kier alpha value is -2.29. The van der Waals surface area contributed by atoms with E-state index in [-0.39, 0.29) is 5.97 Å². The van der Waals surface area contributed by atoms with Crippen molar-refractivity contribution in [2.24, 2.45) is 0 Å². The molecule has 21 heavy (non-hydrogen) atoms. The molecule has 0 atom stereocenters. The summed E-state index contributed by atoms with van der Waals surface area (Å²) in [5.74, 6) is 0.525. The van der Waals surface area contributed by atoms with Crippen LogP contribution in [0.1, 0.15) is 28.4 Å². The Morgan fingerprint density at radius 1 is 1.10 bits per heavy atom. The number of ether oxygens (including phenoxy) is 2. The fourth-order valence-electron chi connectivity index (χ4n) is 2.39. The lowest BCUT2D eigenvalue weighted by atomic mass is 9.95. The number of carbonyl (C=O) groups excluding carboxylic acids is 1. The first-order valence-electron chi connectivity index (χ1n) is 6.97. The summed E-state index contributed by atoms with van der Waals surface area (Å²) in [5, 5.41) is 0. The van der Waals surface area contributed by atoms with Gasteiger partial charge in [-0.1, -0.05) is 25.1 Å². The molecule has 0 radical (unpaired) electrons. The SMILES string of the molecule is CCc1ccc(-c2ccc(OC)c(C)c2)c(C(=O)OC)c1. The molecule has 0 spiro atoms. The standard InChI is InChI=1S/C18H20O3/c1-5-13-6-8-15(16(11-13)18(19)21-4)14-7-9-17(20-3)12(2)10-14/h6-11H,5H2,1-4H3. The zero-order valence-electron chi connectivity index (χ0n) is 12.9. The molecule has 2 aromatic carbocycles. The first kappa shape index (κ1) is 15.1. The Bertz CT molecular complexity index is 660. The molecule has 0 aliphatic rings. The fourth-order valence-corrected chi connectivity index (χ4v) is 2.39. The van der Waals surface area contributed by atoms with Crippen LogP contribution in [0.3, 0.4) is 0 Å². The van der Waals surface area contributed by atoms with Crippen LogP contribution < -0.4 is 4.74 Å². The van der Waals surface area contributed by atoms with Gasteiger partial charge in [-0.15, -0.1) is 0 Å². The Labute approximate surface area is 125 Å². The smallest absolute Gasteiger partial charge is 0.338 e. The van der Waals surface area contributed by atoms with E-state index in [0.29, 0.717) is 5.56 Å². The molecule has 0 bridgehead atoms. The van der Waals surface area contributed by atoms with Gasteiger partial charge in [-0.2, -0.15) is 0 Å². The number of aryl methyl sites for hydroxylation is 2. The van der Waals surface area contributed by atoms with E-state index in [0.717, 1.165) is 34.4 Å². The van der Waals surface area contributed by atoms with E-state index in [4.69, 9.17) is 9.47 Å². The molecule has 3 heteroatoms. The Kier molecular flexibility index (Phi) is 4.63. The normalized spacial score (nSPS) is 10.3. The van der Waals surface area contributed by atoms with Crippen LogP contribution in [-0.4, -0.2) is 20.2 Å². The quantitative estimate of drug-likeness (QED) is 0.795. The number of esters is 1. The molecule has 0 aliphatic carbocycles. The van der Waals surface area contributed by atoms with Crippen molar-refractivity contribution in [2.75, 3.05) is 14.2 Å². The topological polar surface area (TPSA) is 35.5 Å². The van der Waals surface area contributed by atoms with Crippen LogP contribution in [0.5, 0.6) is 5.75 Å². The predicted octanol–water partition coefficient (Wildman–Crippen LogP) is 4.02. The number of methoxy groups -OCH3 is 2. The van der Waals surface area contributed by atoms with Crippen LogP contribution in [0.2, 0.25) is 0 Å². The zero-order chi connectivity index (χ0) is 15.4. The second-order valence-corrected chi connectivity index (χ2v) is 4.91. The summed E-state index contributed by atoms with van der Waals surface area (Å²) < 4.78 is 10.2. The minimum Gasteiger partial charge on any atom is -0.496 e. The molecule has 0 saturated carbocycles. The lowest BCUT2D eigenvalue weighted by Crippen LogP contribution is -2.04. The van der Waals surface area contributed by atoms with Crippen molar-refractivity contribution >= 4 is 5.97 Å². The molecule has 0 aliphatic heterocycles. The highest BCUT2D eigenvalue weighted by atomic mass is 16.5. The number of benzene rings is 2. The third kappa shape index (κ3) is 3.07. The van der Waals surface area contributed by atoms with Crippen LogP contribution in [0, 0.1) is 6.92 Å².